The average molecular weight is 219 g/mol. The summed E-state index contributed by atoms with van der Waals surface area (Å²) in [6, 6.07) is 4.75. The second kappa shape index (κ2) is 3.94. The summed E-state index contributed by atoms with van der Waals surface area (Å²) in [5, 5.41) is 0. The molecule has 0 saturated carbocycles. The highest BCUT2D eigenvalue weighted by atomic mass is 16.5. The zero-order valence-electron chi connectivity index (χ0n) is 9.18. The highest BCUT2D eigenvalue weighted by Gasteiger charge is 2.16. The van der Waals surface area contributed by atoms with E-state index in [4.69, 9.17) is 5.73 Å². The molecule has 0 saturated heterocycles. The number of imidazole rings is 1. The first-order chi connectivity index (χ1) is 7.63. The molecule has 2 rings (SSSR count). The van der Waals surface area contributed by atoms with Gasteiger partial charge in [-0.05, 0) is 17.7 Å². The van der Waals surface area contributed by atoms with E-state index in [9.17, 15) is 4.79 Å². The summed E-state index contributed by atoms with van der Waals surface area (Å²) in [6.07, 6.45) is 1.72. The van der Waals surface area contributed by atoms with Gasteiger partial charge in [0, 0.05) is 7.05 Å². The molecular formula is C11H13N3O2. The van der Waals surface area contributed by atoms with Crippen LogP contribution in [0.3, 0.4) is 0 Å². The van der Waals surface area contributed by atoms with Crippen LogP contribution in [0.4, 0.5) is 0 Å². The van der Waals surface area contributed by atoms with Crippen molar-refractivity contribution in [2.75, 3.05) is 7.11 Å². The molecule has 1 aromatic carbocycles. The maximum atomic E-state index is 11.3. The Bertz CT molecular complexity index is 533. The molecule has 2 aromatic rings. The predicted molar refractivity (Wildman–Crippen MR) is 59.7 cm³/mol. The summed E-state index contributed by atoms with van der Waals surface area (Å²) in [7, 11) is 3.23. The molecule has 0 aliphatic heterocycles. The van der Waals surface area contributed by atoms with Gasteiger partial charge in [-0.2, -0.15) is 0 Å². The van der Waals surface area contributed by atoms with Gasteiger partial charge in [0.2, 0.25) is 0 Å². The van der Waals surface area contributed by atoms with Crippen LogP contribution in [0, 0.1) is 0 Å². The average Bonchev–Trinajstić information content (AvgIpc) is 2.68. The summed E-state index contributed by atoms with van der Waals surface area (Å²) in [5.74, 6) is -0.449. The number of ether oxygens (including phenoxy) is 1. The zero-order valence-corrected chi connectivity index (χ0v) is 9.18. The quantitative estimate of drug-likeness (QED) is 0.756. The molecule has 0 spiro atoms. The van der Waals surface area contributed by atoms with Crippen LogP contribution in [-0.4, -0.2) is 22.6 Å². The van der Waals surface area contributed by atoms with Gasteiger partial charge in [-0.3, -0.25) is 4.79 Å². The molecule has 0 bridgehead atoms. The van der Waals surface area contributed by atoms with E-state index < -0.39 is 12.0 Å². The molecule has 16 heavy (non-hydrogen) atoms. The molecule has 1 atom stereocenters. The van der Waals surface area contributed by atoms with Gasteiger partial charge in [-0.25, -0.2) is 4.98 Å². The minimum Gasteiger partial charge on any atom is -0.468 e. The number of rotatable bonds is 2. The van der Waals surface area contributed by atoms with Crippen LogP contribution in [0.5, 0.6) is 0 Å². The van der Waals surface area contributed by atoms with Gasteiger partial charge in [0.15, 0.2) is 0 Å². The second-order valence-electron chi connectivity index (χ2n) is 3.60. The molecule has 1 unspecified atom stereocenters. The highest BCUT2D eigenvalue weighted by Crippen LogP contribution is 2.18. The van der Waals surface area contributed by atoms with Crippen molar-refractivity contribution in [2.24, 2.45) is 12.8 Å². The van der Waals surface area contributed by atoms with Crippen LogP contribution in [0.15, 0.2) is 24.5 Å². The number of nitrogens with zero attached hydrogens (tertiary/aromatic N) is 2. The van der Waals surface area contributed by atoms with Crippen molar-refractivity contribution in [3.8, 4) is 0 Å². The van der Waals surface area contributed by atoms with E-state index in [0.717, 1.165) is 11.0 Å². The zero-order chi connectivity index (χ0) is 11.7. The third-order valence-electron chi connectivity index (χ3n) is 2.56. The van der Waals surface area contributed by atoms with E-state index in [1.807, 2.05) is 23.7 Å². The number of hydrogen-bond donors (Lipinski definition) is 1. The van der Waals surface area contributed by atoms with Crippen molar-refractivity contribution in [2.45, 2.75) is 6.04 Å². The van der Waals surface area contributed by atoms with Gasteiger partial charge >= 0.3 is 5.97 Å². The van der Waals surface area contributed by atoms with Crippen LogP contribution in [0.2, 0.25) is 0 Å². The van der Waals surface area contributed by atoms with Crippen molar-refractivity contribution in [3.63, 3.8) is 0 Å². The van der Waals surface area contributed by atoms with E-state index in [0.29, 0.717) is 5.56 Å². The number of esters is 1. The number of carbonyl (C=O) groups excluding carboxylic acids is 1. The minimum absolute atomic E-state index is 0.449. The Balaban J connectivity index is 2.43. The highest BCUT2D eigenvalue weighted by molar-refractivity contribution is 5.81. The third kappa shape index (κ3) is 1.65. The van der Waals surface area contributed by atoms with Crippen molar-refractivity contribution in [3.05, 3.63) is 30.1 Å². The normalized spacial score (nSPS) is 12.7. The Morgan fingerprint density at radius 3 is 3.00 bits per heavy atom. The van der Waals surface area contributed by atoms with Crippen LogP contribution >= 0.6 is 0 Å². The number of nitrogens with two attached hydrogens (primary N) is 1. The Kier molecular flexibility index (Phi) is 2.62. The van der Waals surface area contributed by atoms with E-state index >= 15 is 0 Å². The maximum absolute atomic E-state index is 11.3. The number of carbonyl (C=O) groups is 1. The lowest BCUT2D eigenvalue weighted by molar-refractivity contribution is -0.142. The molecule has 5 heteroatoms. The molecule has 0 aliphatic carbocycles. The van der Waals surface area contributed by atoms with Crippen LogP contribution in [0.1, 0.15) is 11.6 Å². The molecule has 0 amide bonds. The first kappa shape index (κ1) is 10.6. The van der Waals surface area contributed by atoms with Crippen molar-refractivity contribution in [1.82, 2.24) is 9.55 Å². The van der Waals surface area contributed by atoms with Crippen molar-refractivity contribution >= 4 is 17.0 Å². The van der Waals surface area contributed by atoms with E-state index in [1.54, 1.807) is 12.4 Å². The number of methoxy groups -OCH3 is 1. The first-order valence-electron chi connectivity index (χ1n) is 4.88. The molecule has 0 fully saturated rings. The van der Waals surface area contributed by atoms with Gasteiger partial charge in [-0.1, -0.05) is 6.07 Å². The predicted octanol–water partition coefficient (Wildman–Crippen LogP) is 0.746. The van der Waals surface area contributed by atoms with Crippen LogP contribution in [-0.2, 0) is 16.6 Å². The minimum atomic E-state index is -0.753. The number of aryl methyl sites for hydroxylation is 1. The van der Waals surface area contributed by atoms with Gasteiger partial charge in [0.1, 0.15) is 6.04 Å². The van der Waals surface area contributed by atoms with Gasteiger partial charge < -0.3 is 15.0 Å². The second-order valence-corrected chi connectivity index (χ2v) is 3.60. The fourth-order valence-corrected chi connectivity index (χ4v) is 1.61. The monoisotopic (exact) mass is 219 g/mol. The number of fused-ring (bicyclic) bond motifs is 1. The summed E-state index contributed by atoms with van der Waals surface area (Å²) in [4.78, 5) is 15.5. The Morgan fingerprint density at radius 2 is 2.31 bits per heavy atom. The number of benzene rings is 1. The summed E-state index contributed by atoms with van der Waals surface area (Å²) < 4.78 is 6.50. The van der Waals surface area contributed by atoms with E-state index in [1.165, 1.54) is 7.11 Å². The standard InChI is InChI=1S/C11H13N3O2/c1-14-6-13-8-5-7(3-4-9(8)14)10(12)11(15)16-2/h3-6,10H,12H2,1-2H3. The number of aromatic nitrogens is 2. The molecule has 0 radical (unpaired) electrons. The topological polar surface area (TPSA) is 70.1 Å². The van der Waals surface area contributed by atoms with Gasteiger partial charge in [0.05, 0.1) is 24.5 Å². The summed E-state index contributed by atoms with van der Waals surface area (Å²) >= 11 is 0. The maximum Gasteiger partial charge on any atom is 0.327 e. The van der Waals surface area contributed by atoms with Gasteiger partial charge in [0.25, 0.3) is 0 Å². The van der Waals surface area contributed by atoms with E-state index in [2.05, 4.69) is 9.72 Å². The summed E-state index contributed by atoms with van der Waals surface area (Å²) in [5.41, 5.74) is 8.26. The Morgan fingerprint density at radius 1 is 1.56 bits per heavy atom. The fourth-order valence-electron chi connectivity index (χ4n) is 1.61. The molecule has 2 N–H and O–H groups in total. The molecule has 1 heterocycles. The molecule has 0 aliphatic rings. The van der Waals surface area contributed by atoms with Crippen LogP contribution in [0.25, 0.3) is 11.0 Å². The lowest BCUT2D eigenvalue weighted by Crippen LogP contribution is -2.22. The largest absolute Gasteiger partial charge is 0.468 e. The fraction of sp³-hybridized carbons (Fsp3) is 0.273. The first-order valence-corrected chi connectivity index (χ1v) is 4.88. The van der Waals surface area contributed by atoms with E-state index in [-0.39, 0.29) is 0 Å². The molecule has 5 nitrogen and oxygen atoms in total. The van der Waals surface area contributed by atoms with Crippen molar-refractivity contribution < 1.29 is 9.53 Å². The molecule has 1 aromatic heterocycles. The SMILES string of the molecule is COC(=O)C(N)c1ccc2c(c1)ncn2C. The Labute approximate surface area is 92.8 Å². The lowest BCUT2D eigenvalue weighted by atomic mass is 10.1. The summed E-state index contributed by atoms with van der Waals surface area (Å²) in [6.45, 7) is 0. The molecular weight excluding hydrogens is 206 g/mol. The number of hydrogen-bond acceptors (Lipinski definition) is 4. The van der Waals surface area contributed by atoms with Gasteiger partial charge in [-0.15, -0.1) is 0 Å². The molecule has 84 valence electrons. The third-order valence-corrected chi connectivity index (χ3v) is 2.56. The van der Waals surface area contributed by atoms with Crippen LogP contribution < -0.4 is 5.73 Å². The van der Waals surface area contributed by atoms with Crippen molar-refractivity contribution in [1.29, 1.82) is 0 Å². The lowest BCUT2D eigenvalue weighted by Gasteiger charge is -2.09. The smallest absolute Gasteiger partial charge is 0.327 e. The Hall–Kier alpha value is -1.88.